The molecule has 0 nitrogen and oxygen atoms in total. The third-order valence-corrected chi connectivity index (χ3v) is 0. The maximum atomic E-state index is 0. The fraction of sp³-hybridized carbons (Fsp3) is 0. The van der Waals surface area contributed by atoms with E-state index in [0.29, 0.717) is 0 Å². The Morgan fingerprint density at radius 1 is 0.333 bits per heavy atom. The average molecular weight is 479 g/mol. The summed E-state index contributed by atoms with van der Waals surface area (Å²) in [7, 11) is 0. The van der Waals surface area contributed by atoms with E-state index in [2.05, 4.69) is 0 Å². The van der Waals surface area contributed by atoms with Crippen LogP contribution >= 0.6 is 84.9 Å². The molecule has 0 N–H and O–H groups in total. The van der Waals surface area contributed by atoms with Crippen LogP contribution in [-0.2, 0) is 0 Å². The van der Waals surface area contributed by atoms with Gasteiger partial charge in [0.15, 0.2) is 0 Å². The molecule has 0 aliphatic heterocycles. The Morgan fingerprint density at radius 2 is 0.333 bits per heavy atom. The molecule has 6 heavy (non-hydrogen) atoms. The van der Waals surface area contributed by atoms with Crippen LogP contribution in [0.5, 0.6) is 0 Å². The van der Waals surface area contributed by atoms with Gasteiger partial charge in [0.05, 0.1) is 0 Å². The van der Waals surface area contributed by atoms with Gasteiger partial charge in [0.2, 0.25) is 0 Å². The van der Waals surface area contributed by atoms with Gasteiger partial charge in [0, 0.05) is 18.0 Å². The summed E-state index contributed by atoms with van der Waals surface area (Å²) in [6.45, 7) is 0. The van der Waals surface area contributed by atoms with E-state index >= 15 is 0 Å². The van der Waals surface area contributed by atoms with Gasteiger partial charge in [0.1, 0.15) is 0 Å². The monoisotopic (exact) mass is 475 g/mol. The van der Waals surface area contributed by atoms with Gasteiger partial charge in [-0.25, -0.2) is 0 Å². The Kier molecular flexibility index (Phi) is 476. The van der Waals surface area contributed by atoms with E-state index in [1.54, 1.807) is 0 Å². The zero-order valence-corrected chi connectivity index (χ0v) is 12.9. The van der Waals surface area contributed by atoms with E-state index in [1.807, 2.05) is 0 Å². The fourth-order valence-corrected chi connectivity index (χ4v) is 0. The molecule has 0 aromatic rings. The fourth-order valence-electron chi connectivity index (χ4n) is 0. The molecule has 0 aliphatic rings. The van der Waals surface area contributed by atoms with Gasteiger partial charge in [-0.05, 0) is 0 Å². The van der Waals surface area contributed by atoms with Crippen LogP contribution in [0.4, 0.5) is 0 Å². The molecule has 0 heterocycles. The van der Waals surface area contributed by atoms with Crippen LogP contribution < -0.4 is 0 Å². The summed E-state index contributed by atoms with van der Waals surface area (Å²) in [6, 6.07) is 0. The Hall–Kier alpha value is 2.96. The predicted molar refractivity (Wildman–Crippen MR) is 57.4 cm³/mol. The first kappa shape index (κ1) is 64.8. The molecule has 0 atom stereocenters. The molecule has 0 fully saturated rings. The molecule has 0 amide bonds. The molecular formula is H5AsBr5. The maximum Gasteiger partial charge on any atom is 0 e. The summed E-state index contributed by atoms with van der Waals surface area (Å²) < 4.78 is 0. The Balaban J connectivity index is 0. The average Bonchev–Trinajstić information content (AvgIpc) is 0. The summed E-state index contributed by atoms with van der Waals surface area (Å²) in [5.41, 5.74) is 0. The van der Waals surface area contributed by atoms with Crippen molar-refractivity contribution in [2.75, 3.05) is 0 Å². The molecule has 0 aliphatic carbocycles. The Morgan fingerprint density at radius 3 is 0.333 bits per heavy atom. The minimum Gasteiger partial charge on any atom is -0.114 e. The second-order valence-electron chi connectivity index (χ2n) is 0. The van der Waals surface area contributed by atoms with Crippen molar-refractivity contribution in [1.82, 2.24) is 0 Å². The van der Waals surface area contributed by atoms with Crippen molar-refractivity contribution >= 4 is 103 Å². The third-order valence-electron chi connectivity index (χ3n) is 0. The molecule has 0 saturated heterocycles. The number of hydrogen-bond acceptors (Lipinski definition) is 0. The Labute approximate surface area is 101 Å². The minimum atomic E-state index is 0. The molecule has 0 aromatic carbocycles. The van der Waals surface area contributed by atoms with Crippen molar-refractivity contribution < 1.29 is 0 Å². The molecule has 0 unspecified atom stereocenters. The Bertz CT molecular complexity index is 3.90. The van der Waals surface area contributed by atoms with Gasteiger partial charge < -0.3 is 0 Å². The first-order valence-electron chi connectivity index (χ1n) is 0. The zero-order valence-electron chi connectivity index (χ0n) is 2.49. The SMILES string of the molecule is Br.Br.Br.Br.Br.[As]. The van der Waals surface area contributed by atoms with Crippen LogP contribution in [0.3, 0.4) is 0 Å². The molecule has 0 bridgehead atoms. The van der Waals surface area contributed by atoms with E-state index in [4.69, 9.17) is 0 Å². The first-order chi connectivity index (χ1) is 0. The van der Waals surface area contributed by atoms with E-state index in [9.17, 15) is 0 Å². The van der Waals surface area contributed by atoms with Gasteiger partial charge in [-0.2, -0.15) is 0 Å². The second kappa shape index (κ2) is 44.0. The normalized spacial score (nSPS) is 0. The largest absolute Gasteiger partial charge is 0.114 e. The number of halogens is 5. The van der Waals surface area contributed by atoms with E-state index in [-0.39, 0.29) is 103 Å². The van der Waals surface area contributed by atoms with Crippen molar-refractivity contribution in [1.29, 1.82) is 0 Å². The summed E-state index contributed by atoms with van der Waals surface area (Å²) in [5, 5.41) is 0. The second-order valence-corrected chi connectivity index (χ2v) is 0. The van der Waals surface area contributed by atoms with Crippen molar-refractivity contribution in [2.24, 2.45) is 0 Å². The summed E-state index contributed by atoms with van der Waals surface area (Å²) in [4.78, 5) is 0. The molecule has 0 saturated carbocycles. The van der Waals surface area contributed by atoms with Crippen LogP contribution in [0.25, 0.3) is 0 Å². The smallest absolute Gasteiger partial charge is 0 e. The van der Waals surface area contributed by atoms with E-state index in [1.165, 1.54) is 0 Å². The quantitative estimate of drug-likeness (QED) is 0.469. The van der Waals surface area contributed by atoms with Crippen molar-refractivity contribution in [3.05, 3.63) is 0 Å². The third kappa shape index (κ3) is 28.2. The van der Waals surface area contributed by atoms with Crippen molar-refractivity contribution in [2.45, 2.75) is 0 Å². The molecule has 6 heteroatoms. The van der Waals surface area contributed by atoms with Gasteiger partial charge in [-0.1, -0.05) is 0 Å². The summed E-state index contributed by atoms with van der Waals surface area (Å²) in [6.07, 6.45) is 0. The van der Waals surface area contributed by atoms with E-state index < -0.39 is 0 Å². The maximum absolute atomic E-state index is 0. The summed E-state index contributed by atoms with van der Waals surface area (Å²) in [5.74, 6) is 0. The van der Waals surface area contributed by atoms with Crippen LogP contribution in [-0.4, -0.2) is 18.0 Å². The van der Waals surface area contributed by atoms with Crippen molar-refractivity contribution in [3.8, 4) is 0 Å². The molecule has 45 valence electrons. The zero-order chi connectivity index (χ0) is 0. The van der Waals surface area contributed by atoms with E-state index in [0.717, 1.165) is 0 Å². The van der Waals surface area contributed by atoms with Gasteiger partial charge in [-0.15, -0.1) is 84.9 Å². The molecular weight excluding hydrogens is 474 g/mol. The van der Waals surface area contributed by atoms with Crippen LogP contribution in [0.2, 0.25) is 0 Å². The number of rotatable bonds is 0. The first-order valence-corrected chi connectivity index (χ1v) is 0. The van der Waals surface area contributed by atoms with Crippen molar-refractivity contribution in [3.63, 3.8) is 0 Å². The summed E-state index contributed by atoms with van der Waals surface area (Å²) >= 11 is 0. The number of hydrogen-bond donors (Lipinski definition) is 0. The molecule has 0 spiro atoms. The van der Waals surface area contributed by atoms with Crippen LogP contribution in [0, 0.1) is 0 Å². The minimum absolute atomic E-state index is 0. The predicted octanol–water partition coefficient (Wildman–Crippen LogP) is 2.51. The van der Waals surface area contributed by atoms with Gasteiger partial charge in [-0.3, -0.25) is 0 Å². The van der Waals surface area contributed by atoms with Gasteiger partial charge in [0.25, 0.3) is 0 Å². The standard InChI is InChI=1S/As.5BrH/h;5*1H. The molecule has 0 aromatic heterocycles. The van der Waals surface area contributed by atoms with Crippen LogP contribution in [0.15, 0.2) is 0 Å². The molecule has 0 rings (SSSR count). The van der Waals surface area contributed by atoms with Crippen LogP contribution in [0.1, 0.15) is 0 Å². The van der Waals surface area contributed by atoms with Gasteiger partial charge >= 0.3 is 0 Å². The topological polar surface area (TPSA) is 0 Å². The molecule has 3 radical (unpaired) electrons.